The van der Waals surface area contributed by atoms with E-state index in [0.29, 0.717) is 24.3 Å². The summed E-state index contributed by atoms with van der Waals surface area (Å²) in [5.74, 6) is -1.76. The monoisotopic (exact) mass is 337 g/mol. The van der Waals surface area contributed by atoms with Crippen LogP contribution < -0.4 is 0 Å². The lowest BCUT2D eigenvalue weighted by Gasteiger charge is -2.29. The first-order valence-electron chi connectivity index (χ1n) is 7.11. The number of alkyl halides is 3. The van der Waals surface area contributed by atoms with Gasteiger partial charge in [-0.25, -0.2) is 4.98 Å². The number of halogens is 3. The molecule has 0 aliphatic carbocycles. The van der Waals surface area contributed by atoms with Crippen molar-refractivity contribution >= 4 is 11.6 Å². The van der Waals surface area contributed by atoms with E-state index in [0.717, 1.165) is 6.42 Å². The molecule has 0 radical (unpaired) electrons. The summed E-state index contributed by atoms with van der Waals surface area (Å²) in [6.07, 6.45) is -0.562. The molecule has 0 saturated carbocycles. The fraction of sp³-hybridized carbons (Fsp3) is 0.286. The second-order valence-electron chi connectivity index (χ2n) is 5.37. The topological polar surface area (TPSA) is 76.5 Å². The minimum absolute atomic E-state index is 0.162. The number of amides is 1. The Morgan fingerprint density at radius 3 is 2.67 bits per heavy atom. The molecule has 7 nitrogen and oxygen atoms in total. The average Bonchev–Trinajstić information content (AvgIpc) is 3.11. The van der Waals surface area contributed by atoms with E-state index < -0.39 is 12.1 Å². The van der Waals surface area contributed by atoms with Gasteiger partial charge in [0, 0.05) is 31.0 Å². The molecular weight excluding hydrogens is 327 g/mol. The van der Waals surface area contributed by atoms with Crippen molar-refractivity contribution in [3.8, 4) is 11.4 Å². The molecule has 10 heteroatoms. The Labute approximate surface area is 132 Å². The van der Waals surface area contributed by atoms with Crippen LogP contribution in [0.1, 0.15) is 22.8 Å². The fourth-order valence-corrected chi connectivity index (χ4v) is 2.36. The quantitative estimate of drug-likeness (QED) is 0.717. The van der Waals surface area contributed by atoms with Crippen LogP contribution in [0.25, 0.3) is 17.0 Å². The zero-order valence-corrected chi connectivity index (χ0v) is 12.1. The van der Waals surface area contributed by atoms with Crippen LogP contribution >= 0.6 is 0 Å². The third kappa shape index (κ3) is 2.39. The van der Waals surface area contributed by atoms with Gasteiger partial charge in [-0.15, -0.1) is 0 Å². The number of likely N-dealkylation sites (tertiary alicyclic amines) is 1. The van der Waals surface area contributed by atoms with E-state index in [9.17, 15) is 18.0 Å². The van der Waals surface area contributed by atoms with Crippen molar-refractivity contribution in [2.75, 3.05) is 13.1 Å². The molecule has 0 spiro atoms. The van der Waals surface area contributed by atoms with Crippen molar-refractivity contribution in [2.24, 2.45) is 0 Å². The molecule has 1 amide bonds. The summed E-state index contributed by atoms with van der Waals surface area (Å²) in [4.78, 5) is 21.4. The molecule has 0 aromatic carbocycles. The van der Waals surface area contributed by atoms with Crippen LogP contribution in [0.3, 0.4) is 0 Å². The molecule has 0 N–H and O–H groups in total. The van der Waals surface area contributed by atoms with E-state index in [-0.39, 0.29) is 17.4 Å². The van der Waals surface area contributed by atoms with E-state index >= 15 is 0 Å². The molecule has 24 heavy (non-hydrogen) atoms. The van der Waals surface area contributed by atoms with Crippen molar-refractivity contribution in [2.45, 2.75) is 12.6 Å². The predicted molar refractivity (Wildman–Crippen MR) is 74.0 cm³/mol. The Morgan fingerprint density at radius 2 is 2.04 bits per heavy atom. The summed E-state index contributed by atoms with van der Waals surface area (Å²) in [6.45, 7) is 1.42. The number of hydrogen-bond acceptors (Lipinski definition) is 5. The van der Waals surface area contributed by atoms with Crippen LogP contribution in [-0.4, -0.2) is 43.4 Å². The second kappa shape index (κ2) is 5.05. The SMILES string of the molecule is O=C(c1cn2ccc(-c3noc(C(F)(F)F)n3)cc2n1)N1CCC1. The summed E-state index contributed by atoms with van der Waals surface area (Å²) in [5, 5.41) is 3.33. The van der Waals surface area contributed by atoms with E-state index in [1.807, 2.05) is 0 Å². The number of pyridine rings is 1. The second-order valence-corrected chi connectivity index (χ2v) is 5.37. The first-order chi connectivity index (χ1) is 11.4. The minimum Gasteiger partial charge on any atom is -0.337 e. The lowest BCUT2D eigenvalue weighted by atomic mass is 10.2. The maximum absolute atomic E-state index is 12.5. The van der Waals surface area contributed by atoms with Crippen LogP contribution in [-0.2, 0) is 6.18 Å². The van der Waals surface area contributed by atoms with Crippen molar-refractivity contribution < 1.29 is 22.5 Å². The van der Waals surface area contributed by atoms with Gasteiger partial charge < -0.3 is 13.8 Å². The summed E-state index contributed by atoms with van der Waals surface area (Å²) in [7, 11) is 0. The Kier molecular flexibility index (Phi) is 3.08. The lowest BCUT2D eigenvalue weighted by molar-refractivity contribution is -0.159. The van der Waals surface area contributed by atoms with Crippen LogP contribution in [0, 0.1) is 0 Å². The van der Waals surface area contributed by atoms with Crippen LogP contribution in [0.2, 0.25) is 0 Å². The van der Waals surface area contributed by atoms with Gasteiger partial charge in [0.1, 0.15) is 11.3 Å². The number of fused-ring (bicyclic) bond motifs is 1. The highest BCUT2D eigenvalue weighted by molar-refractivity contribution is 5.93. The Hall–Kier alpha value is -2.91. The Balaban J connectivity index is 1.68. The zero-order chi connectivity index (χ0) is 16.9. The number of carbonyl (C=O) groups is 1. The van der Waals surface area contributed by atoms with Gasteiger partial charge in [0.15, 0.2) is 0 Å². The van der Waals surface area contributed by atoms with E-state index in [1.165, 1.54) is 12.1 Å². The van der Waals surface area contributed by atoms with Gasteiger partial charge in [0.25, 0.3) is 5.91 Å². The Morgan fingerprint density at radius 1 is 1.25 bits per heavy atom. The number of aromatic nitrogens is 4. The van der Waals surface area contributed by atoms with Gasteiger partial charge in [-0.1, -0.05) is 5.16 Å². The first-order valence-corrected chi connectivity index (χ1v) is 7.11. The standard InChI is InChI=1S/C14H10F3N5O2/c15-14(16,17)13-19-11(20-24-13)8-2-5-22-7-9(18-10(22)6-8)12(23)21-3-1-4-21/h2,5-7H,1,3-4H2. The molecule has 4 rings (SSSR count). The molecular formula is C14H10F3N5O2. The van der Waals surface area contributed by atoms with Gasteiger partial charge >= 0.3 is 12.1 Å². The molecule has 0 bridgehead atoms. The highest BCUT2D eigenvalue weighted by Gasteiger charge is 2.38. The van der Waals surface area contributed by atoms with Gasteiger partial charge in [-0.2, -0.15) is 18.2 Å². The van der Waals surface area contributed by atoms with E-state index in [4.69, 9.17) is 0 Å². The van der Waals surface area contributed by atoms with Crippen LogP contribution in [0.15, 0.2) is 29.0 Å². The third-order valence-corrected chi connectivity index (χ3v) is 3.75. The molecule has 1 fully saturated rings. The summed E-state index contributed by atoms with van der Waals surface area (Å²) >= 11 is 0. The molecule has 3 aromatic rings. The third-order valence-electron chi connectivity index (χ3n) is 3.75. The molecule has 3 aromatic heterocycles. The maximum Gasteiger partial charge on any atom is 0.471 e. The number of rotatable bonds is 2. The van der Waals surface area contributed by atoms with Crippen molar-refractivity contribution in [3.63, 3.8) is 0 Å². The molecule has 0 atom stereocenters. The minimum atomic E-state index is -4.69. The summed E-state index contributed by atoms with van der Waals surface area (Å²) in [5.41, 5.74) is 1.01. The Bertz CT molecular complexity index is 926. The zero-order valence-electron chi connectivity index (χ0n) is 12.1. The number of carbonyl (C=O) groups excluding carboxylic acids is 1. The maximum atomic E-state index is 12.5. The number of hydrogen-bond donors (Lipinski definition) is 0. The van der Waals surface area contributed by atoms with Crippen LogP contribution in [0.4, 0.5) is 13.2 Å². The molecule has 1 aliphatic rings. The normalized spacial score (nSPS) is 14.9. The van der Waals surface area contributed by atoms with Gasteiger partial charge in [-0.3, -0.25) is 4.79 Å². The van der Waals surface area contributed by atoms with Gasteiger partial charge in [0.2, 0.25) is 5.82 Å². The molecule has 0 unspecified atom stereocenters. The van der Waals surface area contributed by atoms with E-state index in [1.54, 1.807) is 21.7 Å². The average molecular weight is 337 g/mol. The molecule has 124 valence electrons. The van der Waals surface area contributed by atoms with E-state index in [2.05, 4.69) is 19.6 Å². The number of imidazole rings is 1. The highest BCUT2D eigenvalue weighted by Crippen LogP contribution is 2.29. The van der Waals surface area contributed by atoms with Gasteiger partial charge in [-0.05, 0) is 18.6 Å². The predicted octanol–water partition coefficient (Wildman–Crippen LogP) is 2.25. The summed E-state index contributed by atoms with van der Waals surface area (Å²) in [6, 6.07) is 3.02. The fourth-order valence-electron chi connectivity index (χ4n) is 2.36. The number of nitrogens with zero attached hydrogens (tertiary/aromatic N) is 5. The van der Waals surface area contributed by atoms with Crippen molar-refractivity contribution in [1.82, 2.24) is 24.4 Å². The summed E-state index contributed by atoms with van der Waals surface area (Å²) < 4.78 is 43.4. The molecule has 1 aliphatic heterocycles. The van der Waals surface area contributed by atoms with Crippen LogP contribution in [0.5, 0.6) is 0 Å². The van der Waals surface area contributed by atoms with Crippen molar-refractivity contribution in [3.05, 3.63) is 36.1 Å². The molecule has 1 saturated heterocycles. The lowest BCUT2D eigenvalue weighted by Crippen LogP contribution is -2.42. The first kappa shape index (κ1) is 14.7. The smallest absolute Gasteiger partial charge is 0.337 e. The molecule has 4 heterocycles. The highest BCUT2D eigenvalue weighted by atomic mass is 19.4. The largest absolute Gasteiger partial charge is 0.471 e. The van der Waals surface area contributed by atoms with Crippen molar-refractivity contribution in [1.29, 1.82) is 0 Å². The van der Waals surface area contributed by atoms with Gasteiger partial charge in [0.05, 0.1) is 0 Å².